The van der Waals surface area contributed by atoms with Gasteiger partial charge in [-0.1, -0.05) is 37.3 Å². The van der Waals surface area contributed by atoms with Gasteiger partial charge in [-0.15, -0.1) is 0 Å². The fraction of sp³-hybridized carbons (Fsp3) is 0.350. The number of nitrogens with one attached hydrogen (secondary N) is 1. The average molecular weight is 353 g/mol. The minimum absolute atomic E-state index is 0.241. The Balaban J connectivity index is 1.90. The summed E-state index contributed by atoms with van der Waals surface area (Å²) in [5, 5.41) is 2.80. The fourth-order valence-electron chi connectivity index (χ4n) is 3.50. The number of Topliss-reactive ketones (excluding diaryl/α,β-unsaturated/α-hetero) is 1. The first kappa shape index (κ1) is 17.9. The second-order valence-electron chi connectivity index (χ2n) is 6.71. The standard InChI is InChI=1S/C20H23N3O3/c1-5-20(15-9-7-6-8-10-15)18(25)23(19(26)21-20)12-17(24)16-11-13(2)22(4)14(16)3/h6-11H,5,12H2,1-4H3,(H,21,26)/t20-/m0/s1. The highest BCUT2D eigenvalue weighted by atomic mass is 16.2. The largest absolute Gasteiger partial charge is 0.351 e. The van der Waals surface area contributed by atoms with Crippen molar-refractivity contribution in [2.45, 2.75) is 32.7 Å². The van der Waals surface area contributed by atoms with Crippen molar-refractivity contribution in [2.75, 3.05) is 6.54 Å². The second-order valence-corrected chi connectivity index (χ2v) is 6.71. The number of ketones is 1. The summed E-state index contributed by atoms with van der Waals surface area (Å²) in [7, 11) is 1.88. The first-order chi connectivity index (χ1) is 12.3. The van der Waals surface area contributed by atoms with Gasteiger partial charge in [0.2, 0.25) is 0 Å². The molecule has 2 heterocycles. The molecule has 1 fully saturated rings. The van der Waals surface area contributed by atoms with Crippen molar-refractivity contribution in [2.24, 2.45) is 7.05 Å². The molecule has 3 amide bonds. The summed E-state index contributed by atoms with van der Waals surface area (Å²) in [6.07, 6.45) is 0.412. The van der Waals surface area contributed by atoms with Gasteiger partial charge >= 0.3 is 6.03 Å². The Bertz CT molecular complexity index is 885. The molecule has 0 saturated carbocycles. The Hall–Kier alpha value is -2.89. The van der Waals surface area contributed by atoms with Crippen molar-refractivity contribution >= 4 is 17.7 Å². The van der Waals surface area contributed by atoms with E-state index in [0.717, 1.165) is 21.9 Å². The average Bonchev–Trinajstić information content (AvgIpc) is 3.05. The van der Waals surface area contributed by atoms with Crippen molar-refractivity contribution in [3.8, 4) is 0 Å². The first-order valence-electron chi connectivity index (χ1n) is 8.67. The summed E-state index contributed by atoms with van der Waals surface area (Å²) >= 11 is 0. The van der Waals surface area contributed by atoms with E-state index in [9.17, 15) is 14.4 Å². The summed E-state index contributed by atoms with van der Waals surface area (Å²) < 4.78 is 1.92. The van der Waals surface area contributed by atoms with E-state index >= 15 is 0 Å². The minimum Gasteiger partial charge on any atom is -0.351 e. The summed E-state index contributed by atoms with van der Waals surface area (Å²) in [4.78, 5) is 39.3. The van der Waals surface area contributed by atoms with Crippen LogP contribution in [0.4, 0.5) is 4.79 Å². The molecular formula is C20H23N3O3. The van der Waals surface area contributed by atoms with E-state index in [1.807, 2.05) is 62.7 Å². The maximum atomic E-state index is 13.1. The van der Waals surface area contributed by atoms with Gasteiger partial charge in [0.15, 0.2) is 5.78 Å². The van der Waals surface area contributed by atoms with Crippen molar-refractivity contribution in [1.29, 1.82) is 0 Å². The van der Waals surface area contributed by atoms with Crippen LogP contribution >= 0.6 is 0 Å². The molecule has 0 unspecified atom stereocenters. The lowest BCUT2D eigenvalue weighted by atomic mass is 9.87. The Morgan fingerprint density at radius 1 is 1.15 bits per heavy atom. The number of hydrogen-bond donors (Lipinski definition) is 1. The van der Waals surface area contributed by atoms with E-state index in [1.165, 1.54) is 0 Å². The van der Waals surface area contributed by atoms with E-state index < -0.39 is 11.6 Å². The van der Waals surface area contributed by atoms with Crippen LogP contribution in [0.2, 0.25) is 0 Å². The number of nitrogens with zero attached hydrogens (tertiary/aromatic N) is 2. The number of carbonyl (C=O) groups excluding carboxylic acids is 3. The molecule has 1 N–H and O–H groups in total. The van der Waals surface area contributed by atoms with E-state index in [2.05, 4.69) is 5.32 Å². The van der Waals surface area contributed by atoms with Crippen LogP contribution in [0.1, 0.15) is 40.7 Å². The number of urea groups is 1. The van der Waals surface area contributed by atoms with Gasteiger partial charge in [0.05, 0.1) is 6.54 Å². The van der Waals surface area contributed by atoms with Gasteiger partial charge in [-0.25, -0.2) is 4.79 Å². The van der Waals surface area contributed by atoms with E-state index in [4.69, 9.17) is 0 Å². The highest BCUT2D eigenvalue weighted by Crippen LogP contribution is 2.32. The Labute approximate surface area is 152 Å². The van der Waals surface area contributed by atoms with E-state index in [1.54, 1.807) is 6.07 Å². The van der Waals surface area contributed by atoms with Gasteiger partial charge in [-0.3, -0.25) is 14.5 Å². The number of amides is 3. The van der Waals surface area contributed by atoms with Gasteiger partial charge in [0.25, 0.3) is 5.91 Å². The topological polar surface area (TPSA) is 71.4 Å². The van der Waals surface area contributed by atoms with E-state index in [-0.39, 0.29) is 18.2 Å². The highest BCUT2D eigenvalue weighted by Gasteiger charge is 2.51. The number of aromatic nitrogens is 1. The van der Waals surface area contributed by atoms with Crippen molar-refractivity contribution in [1.82, 2.24) is 14.8 Å². The maximum Gasteiger partial charge on any atom is 0.325 e. The Kier molecular flexibility index (Phi) is 4.44. The van der Waals surface area contributed by atoms with Crippen LogP contribution in [0.25, 0.3) is 0 Å². The molecule has 6 heteroatoms. The molecule has 1 saturated heterocycles. The number of carbonyl (C=O) groups is 3. The molecular weight excluding hydrogens is 330 g/mol. The molecule has 1 aromatic carbocycles. The molecule has 136 valence electrons. The Morgan fingerprint density at radius 2 is 1.81 bits per heavy atom. The summed E-state index contributed by atoms with van der Waals surface area (Å²) in [5.41, 5.74) is 1.93. The van der Waals surface area contributed by atoms with Crippen molar-refractivity contribution < 1.29 is 14.4 Å². The first-order valence-corrected chi connectivity index (χ1v) is 8.67. The molecule has 1 aliphatic rings. The predicted octanol–water partition coefficient (Wildman–Crippen LogP) is 2.68. The van der Waals surface area contributed by atoms with Crippen LogP contribution in [0.3, 0.4) is 0 Å². The highest BCUT2D eigenvalue weighted by molar-refractivity contribution is 6.11. The normalized spacial score (nSPS) is 19.8. The number of rotatable bonds is 5. The number of hydrogen-bond acceptors (Lipinski definition) is 3. The molecule has 3 rings (SSSR count). The number of benzene rings is 1. The van der Waals surface area contributed by atoms with Crippen LogP contribution in [0.5, 0.6) is 0 Å². The number of imide groups is 1. The van der Waals surface area contributed by atoms with Crippen LogP contribution in [0, 0.1) is 13.8 Å². The molecule has 0 bridgehead atoms. The molecule has 26 heavy (non-hydrogen) atoms. The summed E-state index contributed by atoms with van der Waals surface area (Å²) in [6, 6.07) is 10.4. The molecule has 0 spiro atoms. The number of aryl methyl sites for hydroxylation is 1. The van der Waals surface area contributed by atoms with Gasteiger partial charge in [0.1, 0.15) is 5.54 Å². The molecule has 1 atom stereocenters. The third-order valence-corrected chi connectivity index (χ3v) is 5.35. The molecule has 0 radical (unpaired) electrons. The SMILES string of the molecule is CC[C@@]1(c2ccccc2)NC(=O)N(CC(=O)c2cc(C)n(C)c2C)C1=O. The minimum atomic E-state index is -1.11. The van der Waals surface area contributed by atoms with Crippen LogP contribution in [-0.2, 0) is 17.4 Å². The lowest BCUT2D eigenvalue weighted by Crippen LogP contribution is -2.43. The van der Waals surface area contributed by atoms with Crippen molar-refractivity contribution in [3.63, 3.8) is 0 Å². The summed E-state index contributed by atoms with van der Waals surface area (Å²) in [5.74, 6) is -0.621. The monoisotopic (exact) mass is 353 g/mol. The zero-order chi connectivity index (χ0) is 19.1. The third-order valence-electron chi connectivity index (χ3n) is 5.35. The Morgan fingerprint density at radius 3 is 2.35 bits per heavy atom. The third kappa shape index (κ3) is 2.62. The van der Waals surface area contributed by atoms with Gasteiger partial charge in [-0.05, 0) is 31.9 Å². The maximum absolute atomic E-state index is 13.1. The smallest absolute Gasteiger partial charge is 0.325 e. The molecule has 6 nitrogen and oxygen atoms in total. The van der Waals surface area contributed by atoms with Gasteiger partial charge in [0, 0.05) is 24.0 Å². The quantitative estimate of drug-likeness (QED) is 0.664. The fourth-order valence-corrected chi connectivity index (χ4v) is 3.50. The van der Waals surface area contributed by atoms with Gasteiger partial charge < -0.3 is 9.88 Å². The molecule has 1 aromatic heterocycles. The second kappa shape index (κ2) is 6.44. The van der Waals surface area contributed by atoms with Crippen molar-refractivity contribution in [3.05, 3.63) is 58.9 Å². The molecule has 1 aliphatic heterocycles. The molecule has 2 aromatic rings. The zero-order valence-electron chi connectivity index (χ0n) is 15.5. The lowest BCUT2D eigenvalue weighted by molar-refractivity contribution is -0.131. The summed E-state index contributed by atoms with van der Waals surface area (Å²) in [6.45, 7) is 5.35. The van der Waals surface area contributed by atoms with E-state index in [0.29, 0.717) is 12.0 Å². The van der Waals surface area contributed by atoms with Gasteiger partial charge in [-0.2, -0.15) is 0 Å². The predicted molar refractivity (Wildman–Crippen MR) is 97.9 cm³/mol. The lowest BCUT2D eigenvalue weighted by Gasteiger charge is -2.25. The molecule has 0 aliphatic carbocycles. The van der Waals surface area contributed by atoms with Crippen LogP contribution in [0.15, 0.2) is 36.4 Å². The van der Waals surface area contributed by atoms with Crippen LogP contribution < -0.4 is 5.32 Å². The zero-order valence-corrected chi connectivity index (χ0v) is 15.5. The van der Waals surface area contributed by atoms with Crippen LogP contribution in [-0.4, -0.2) is 33.7 Å².